The third kappa shape index (κ3) is 9.46. The topological polar surface area (TPSA) is 128 Å². The number of ether oxygens (including phenoxy) is 1. The summed E-state index contributed by atoms with van der Waals surface area (Å²) in [4.78, 5) is 25.6. The number of aromatic nitrogens is 2. The summed E-state index contributed by atoms with van der Waals surface area (Å²) in [6.45, 7) is 5.13. The van der Waals surface area contributed by atoms with Crippen LogP contribution in [-0.4, -0.2) is 81.0 Å². The zero-order chi connectivity index (χ0) is 23.8. The number of carboxylic acid groups (broad SMARTS) is 2. The van der Waals surface area contributed by atoms with Crippen molar-refractivity contribution in [1.82, 2.24) is 19.4 Å². The van der Waals surface area contributed by atoms with Gasteiger partial charge in [-0.05, 0) is 43.6 Å². The van der Waals surface area contributed by atoms with Gasteiger partial charge in [0.2, 0.25) is 0 Å². The molecular weight excluding hydrogens is 416 g/mol. The molecule has 0 bridgehead atoms. The van der Waals surface area contributed by atoms with Crippen molar-refractivity contribution in [1.29, 1.82) is 0 Å². The van der Waals surface area contributed by atoms with Gasteiger partial charge in [0.15, 0.2) is 0 Å². The average molecular weight is 451 g/mol. The number of hydrogen-bond donors (Lipinski definition) is 3. The van der Waals surface area contributed by atoms with Crippen LogP contribution in [0.2, 0.25) is 0 Å². The first-order valence-electron chi connectivity index (χ1n) is 10.3. The summed E-state index contributed by atoms with van der Waals surface area (Å²) in [5.74, 6) is 0.959. The van der Waals surface area contributed by atoms with Gasteiger partial charge in [0.1, 0.15) is 5.75 Å². The SMILES string of the molecule is COc1ccc(CN(CCO)Cc2cncn2C)cc1CN1CCCC1.O=CO.O=CO. The number of methoxy groups -OCH3 is 1. The second-order valence-corrected chi connectivity index (χ2v) is 7.27. The first-order valence-corrected chi connectivity index (χ1v) is 10.3. The number of aliphatic hydroxyl groups is 1. The van der Waals surface area contributed by atoms with Crippen molar-refractivity contribution in [3.05, 3.63) is 47.5 Å². The summed E-state index contributed by atoms with van der Waals surface area (Å²) >= 11 is 0. The van der Waals surface area contributed by atoms with Crippen molar-refractivity contribution in [2.75, 3.05) is 33.4 Å². The van der Waals surface area contributed by atoms with E-state index in [1.165, 1.54) is 37.1 Å². The molecule has 0 unspecified atom stereocenters. The summed E-state index contributed by atoms with van der Waals surface area (Å²) in [6, 6.07) is 6.45. The lowest BCUT2D eigenvalue weighted by molar-refractivity contribution is -0.123. The van der Waals surface area contributed by atoms with Gasteiger partial charge in [-0.25, -0.2) is 4.98 Å². The molecule has 0 saturated carbocycles. The van der Waals surface area contributed by atoms with Crippen molar-refractivity contribution >= 4 is 12.9 Å². The molecule has 1 aliphatic rings. The van der Waals surface area contributed by atoms with Crippen LogP contribution in [0.15, 0.2) is 30.7 Å². The Kier molecular flexibility index (Phi) is 13.4. The maximum atomic E-state index is 9.45. The summed E-state index contributed by atoms with van der Waals surface area (Å²) in [5, 5.41) is 23.2. The summed E-state index contributed by atoms with van der Waals surface area (Å²) < 4.78 is 7.60. The standard InChI is InChI=1S/C20H30N4O2.2CH2O2/c1-22-16-21-12-19(22)15-24(9-10-25)13-17-5-6-20(26-2)18(11-17)14-23-7-3-4-8-23;2*2-1-3/h5-6,11-12,16,25H,3-4,7-10,13-15H2,1-2H3;2*1H,(H,2,3). The molecule has 0 atom stereocenters. The van der Waals surface area contributed by atoms with Crippen LogP contribution in [-0.2, 0) is 36.3 Å². The molecule has 178 valence electrons. The van der Waals surface area contributed by atoms with E-state index >= 15 is 0 Å². The van der Waals surface area contributed by atoms with E-state index in [0.29, 0.717) is 6.54 Å². The van der Waals surface area contributed by atoms with E-state index in [0.717, 1.165) is 31.1 Å². The molecule has 1 aromatic carbocycles. The van der Waals surface area contributed by atoms with E-state index in [-0.39, 0.29) is 19.6 Å². The van der Waals surface area contributed by atoms with Crippen LogP contribution in [0.5, 0.6) is 5.75 Å². The smallest absolute Gasteiger partial charge is 0.290 e. The summed E-state index contributed by atoms with van der Waals surface area (Å²) in [5.41, 5.74) is 3.64. The van der Waals surface area contributed by atoms with Crippen LogP contribution in [0.25, 0.3) is 0 Å². The average Bonchev–Trinajstić information content (AvgIpc) is 3.42. The van der Waals surface area contributed by atoms with Gasteiger partial charge in [0.05, 0.1) is 25.7 Å². The van der Waals surface area contributed by atoms with Crippen LogP contribution in [0, 0.1) is 0 Å². The van der Waals surface area contributed by atoms with Gasteiger partial charge in [-0.3, -0.25) is 19.4 Å². The molecule has 10 nitrogen and oxygen atoms in total. The van der Waals surface area contributed by atoms with E-state index in [1.807, 2.05) is 24.1 Å². The second-order valence-electron chi connectivity index (χ2n) is 7.27. The molecule has 3 N–H and O–H groups in total. The minimum Gasteiger partial charge on any atom is -0.496 e. The molecule has 0 amide bonds. The van der Waals surface area contributed by atoms with Crippen molar-refractivity contribution < 1.29 is 29.6 Å². The minimum atomic E-state index is -0.250. The quantitative estimate of drug-likeness (QED) is 0.486. The minimum absolute atomic E-state index is 0.147. The zero-order valence-corrected chi connectivity index (χ0v) is 18.8. The van der Waals surface area contributed by atoms with Gasteiger partial charge < -0.3 is 24.6 Å². The lowest BCUT2D eigenvalue weighted by Crippen LogP contribution is -2.27. The Morgan fingerprint density at radius 2 is 1.81 bits per heavy atom. The van der Waals surface area contributed by atoms with Gasteiger partial charge >= 0.3 is 0 Å². The molecule has 10 heteroatoms. The van der Waals surface area contributed by atoms with Crippen molar-refractivity contribution in [2.45, 2.75) is 32.5 Å². The predicted octanol–water partition coefficient (Wildman–Crippen LogP) is 1.42. The molecular formula is C22H34N4O6. The molecule has 3 rings (SSSR count). The molecule has 32 heavy (non-hydrogen) atoms. The van der Waals surface area contributed by atoms with Crippen molar-refractivity contribution in [3.63, 3.8) is 0 Å². The monoisotopic (exact) mass is 450 g/mol. The predicted molar refractivity (Wildman–Crippen MR) is 119 cm³/mol. The molecule has 0 aliphatic carbocycles. The third-order valence-corrected chi connectivity index (χ3v) is 5.06. The maximum absolute atomic E-state index is 9.45. The third-order valence-electron chi connectivity index (χ3n) is 5.06. The highest BCUT2D eigenvalue weighted by Crippen LogP contribution is 2.24. The molecule has 1 saturated heterocycles. The summed E-state index contributed by atoms with van der Waals surface area (Å²) in [6.07, 6.45) is 6.28. The fourth-order valence-electron chi connectivity index (χ4n) is 3.62. The van der Waals surface area contributed by atoms with Crippen LogP contribution < -0.4 is 4.74 Å². The maximum Gasteiger partial charge on any atom is 0.290 e. The van der Waals surface area contributed by atoms with Crippen LogP contribution >= 0.6 is 0 Å². The van der Waals surface area contributed by atoms with Gasteiger partial charge in [0.25, 0.3) is 12.9 Å². The van der Waals surface area contributed by atoms with Crippen LogP contribution in [0.3, 0.4) is 0 Å². The number of rotatable bonds is 9. The Hall–Kier alpha value is -2.95. The number of aryl methyl sites for hydroxylation is 1. The summed E-state index contributed by atoms with van der Waals surface area (Å²) in [7, 11) is 3.74. The fraction of sp³-hybridized carbons (Fsp3) is 0.500. The molecule has 1 aromatic heterocycles. The van der Waals surface area contributed by atoms with E-state index in [1.54, 1.807) is 7.11 Å². The first kappa shape index (κ1) is 27.1. The highest BCUT2D eigenvalue weighted by atomic mass is 16.5. The molecule has 2 aromatic rings. The fourth-order valence-corrected chi connectivity index (χ4v) is 3.62. The Bertz CT molecular complexity index is 786. The Morgan fingerprint density at radius 3 is 2.34 bits per heavy atom. The molecule has 2 heterocycles. The van der Waals surface area contributed by atoms with Crippen LogP contribution in [0.4, 0.5) is 0 Å². The van der Waals surface area contributed by atoms with Gasteiger partial charge in [-0.2, -0.15) is 0 Å². The number of nitrogens with zero attached hydrogens (tertiary/aromatic N) is 4. The lowest BCUT2D eigenvalue weighted by atomic mass is 10.1. The zero-order valence-electron chi connectivity index (χ0n) is 18.8. The highest BCUT2D eigenvalue weighted by molar-refractivity contribution is 5.37. The van der Waals surface area contributed by atoms with E-state index in [4.69, 9.17) is 24.5 Å². The van der Waals surface area contributed by atoms with E-state index in [2.05, 4.69) is 33.0 Å². The number of hydrogen-bond acceptors (Lipinski definition) is 7. The Morgan fingerprint density at radius 1 is 1.16 bits per heavy atom. The van der Waals surface area contributed by atoms with Crippen molar-refractivity contribution in [3.8, 4) is 5.75 Å². The Balaban J connectivity index is 0.000000769. The van der Waals surface area contributed by atoms with Crippen molar-refractivity contribution in [2.24, 2.45) is 7.05 Å². The molecule has 0 spiro atoms. The Labute approximate surface area is 188 Å². The molecule has 1 fully saturated rings. The first-order chi connectivity index (χ1) is 15.5. The van der Waals surface area contributed by atoms with E-state index < -0.39 is 0 Å². The lowest BCUT2D eigenvalue weighted by Gasteiger charge is -2.23. The molecule has 0 radical (unpaired) electrons. The largest absolute Gasteiger partial charge is 0.496 e. The number of aliphatic hydroxyl groups excluding tert-OH is 1. The number of carbonyl (C=O) groups is 2. The van der Waals surface area contributed by atoms with E-state index in [9.17, 15) is 5.11 Å². The van der Waals surface area contributed by atoms with Crippen LogP contribution in [0.1, 0.15) is 29.7 Å². The van der Waals surface area contributed by atoms with Gasteiger partial charge in [-0.1, -0.05) is 6.07 Å². The number of benzene rings is 1. The molecule has 1 aliphatic heterocycles. The number of imidazole rings is 1. The highest BCUT2D eigenvalue weighted by Gasteiger charge is 2.16. The number of likely N-dealkylation sites (tertiary alicyclic amines) is 1. The second kappa shape index (κ2) is 15.8. The van der Waals surface area contributed by atoms with Gasteiger partial charge in [-0.15, -0.1) is 0 Å². The normalized spacial score (nSPS) is 13.0. The van der Waals surface area contributed by atoms with Gasteiger partial charge in [0, 0.05) is 45.0 Å².